The van der Waals surface area contributed by atoms with Crippen molar-refractivity contribution in [3.63, 3.8) is 0 Å². The number of methoxy groups -OCH3 is 2. The van der Waals surface area contributed by atoms with Crippen LogP contribution >= 0.6 is 0 Å². The normalized spacial score (nSPS) is 17.2. The smallest absolute Gasteiger partial charge is 0.317 e. The van der Waals surface area contributed by atoms with Crippen LogP contribution in [0.5, 0.6) is 0 Å². The molecule has 0 spiro atoms. The minimum Gasteiger partial charge on any atom is -0.459 e. The second kappa shape index (κ2) is 8.87. The van der Waals surface area contributed by atoms with Crippen molar-refractivity contribution in [3.8, 4) is 0 Å². The average Bonchev–Trinajstić information content (AvgIpc) is 2.35. The molecular weight excluding hydrogens is 252 g/mol. The molecule has 0 heterocycles. The minimum absolute atomic E-state index is 0.229. The van der Waals surface area contributed by atoms with E-state index in [-0.39, 0.29) is 12.2 Å². The third kappa shape index (κ3) is 7.12. The van der Waals surface area contributed by atoms with Crippen LogP contribution in [0.1, 0.15) is 34.1 Å². The first-order valence-corrected chi connectivity index (χ1v) is 6.26. The highest BCUT2D eigenvalue weighted by Gasteiger charge is 2.22. The quantitative estimate of drug-likeness (QED) is 0.492. The van der Waals surface area contributed by atoms with Crippen LogP contribution in [0.3, 0.4) is 0 Å². The average molecular weight is 276 g/mol. The third-order valence-corrected chi connectivity index (χ3v) is 2.99. The highest BCUT2D eigenvalue weighted by Crippen LogP contribution is 2.06. The molecule has 6 heteroatoms. The molecule has 0 bridgehead atoms. The van der Waals surface area contributed by atoms with Crippen LogP contribution in [0, 0.1) is 0 Å². The summed E-state index contributed by atoms with van der Waals surface area (Å²) in [7, 11) is 3.05. The Morgan fingerprint density at radius 2 is 1.05 bits per heavy atom. The van der Waals surface area contributed by atoms with E-state index >= 15 is 0 Å². The molecule has 0 rings (SSSR count). The van der Waals surface area contributed by atoms with Crippen LogP contribution in [0.4, 0.5) is 0 Å². The number of esters is 2. The second-order valence-electron chi connectivity index (χ2n) is 4.45. The molecule has 0 aliphatic rings. The summed E-state index contributed by atoms with van der Waals surface area (Å²) >= 11 is 0. The van der Waals surface area contributed by atoms with Crippen molar-refractivity contribution in [1.29, 1.82) is 0 Å². The van der Waals surface area contributed by atoms with E-state index in [1.54, 1.807) is 27.7 Å². The topological polar surface area (TPSA) is 71.1 Å². The van der Waals surface area contributed by atoms with Gasteiger partial charge in [-0.05, 0) is 27.7 Å². The summed E-state index contributed by atoms with van der Waals surface area (Å²) < 4.78 is 20.1. The maximum atomic E-state index is 11.5. The van der Waals surface area contributed by atoms with Crippen molar-refractivity contribution >= 4 is 11.9 Å². The lowest BCUT2D eigenvalue weighted by molar-refractivity contribution is -0.165. The fourth-order valence-electron chi connectivity index (χ4n) is 1.19. The summed E-state index contributed by atoms with van der Waals surface area (Å²) in [6, 6.07) is 0. The number of hydrogen-bond acceptors (Lipinski definition) is 6. The van der Waals surface area contributed by atoms with Gasteiger partial charge in [-0.1, -0.05) is 0 Å². The van der Waals surface area contributed by atoms with E-state index in [0.29, 0.717) is 0 Å². The first kappa shape index (κ1) is 17.9. The molecule has 4 unspecified atom stereocenters. The number of rotatable bonds is 8. The molecule has 0 aromatic rings. The molecule has 0 aromatic carbocycles. The molecule has 0 aromatic heterocycles. The number of ether oxygens (including phenoxy) is 4. The molecule has 6 nitrogen and oxygen atoms in total. The Bertz CT molecular complexity index is 263. The van der Waals surface area contributed by atoms with Crippen molar-refractivity contribution in [2.45, 2.75) is 58.5 Å². The van der Waals surface area contributed by atoms with Gasteiger partial charge in [-0.15, -0.1) is 0 Å². The maximum Gasteiger partial charge on any atom is 0.317 e. The predicted octanol–water partition coefficient (Wildman–Crippen LogP) is 1.31. The predicted molar refractivity (Wildman–Crippen MR) is 68.7 cm³/mol. The van der Waals surface area contributed by atoms with Gasteiger partial charge in [-0.2, -0.15) is 0 Å². The van der Waals surface area contributed by atoms with Gasteiger partial charge in [0.25, 0.3) is 0 Å². The van der Waals surface area contributed by atoms with Crippen LogP contribution in [0.15, 0.2) is 0 Å². The van der Waals surface area contributed by atoms with Crippen LogP contribution in [0.2, 0.25) is 0 Å². The first-order valence-electron chi connectivity index (χ1n) is 6.26. The Morgan fingerprint density at radius 1 is 0.737 bits per heavy atom. The molecule has 112 valence electrons. The zero-order valence-electron chi connectivity index (χ0n) is 12.5. The van der Waals surface area contributed by atoms with Gasteiger partial charge in [0, 0.05) is 14.2 Å². The molecule has 0 fully saturated rings. The summed E-state index contributed by atoms with van der Waals surface area (Å²) in [6.45, 7) is 6.96. The molecule has 0 amide bonds. The highest BCUT2D eigenvalue weighted by molar-refractivity contribution is 5.91. The molecule has 0 saturated heterocycles. The first-order chi connectivity index (χ1) is 8.81. The summed E-state index contributed by atoms with van der Waals surface area (Å²) in [5.74, 6) is -1.25. The van der Waals surface area contributed by atoms with E-state index in [0.717, 1.165) is 0 Å². The van der Waals surface area contributed by atoms with E-state index in [4.69, 9.17) is 18.9 Å². The zero-order valence-corrected chi connectivity index (χ0v) is 12.5. The lowest BCUT2D eigenvalue weighted by atomic mass is 10.2. The summed E-state index contributed by atoms with van der Waals surface area (Å²) in [4.78, 5) is 23.0. The number of hydrogen-bond donors (Lipinski definition) is 0. The lowest BCUT2D eigenvalue weighted by Crippen LogP contribution is -2.31. The Labute approximate surface area is 114 Å². The Balaban J connectivity index is 4.09. The van der Waals surface area contributed by atoms with Gasteiger partial charge in [0.05, 0.1) is 12.2 Å². The van der Waals surface area contributed by atoms with Gasteiger partial charge < -0.3 is 18.9 Å². The van der Waals surface area contributed by atoms with Gasteiger partial charge in [-0.25, -0.2) is 0 Å². The largest absolute Gasteiger partial charge is 0.459 e. The van der Waals surface area contributed by atoms with Crippen molar-refractivity contribution in [3.05, 3.63) is 0 Å². The van der Waals surface area contributed by atoms with E-state index < -0.39 is 30.6 Å². The van der Waals surface area contributed by atoms with E-state index in [2.05, 4.69) is 0 Å². The summed E-state index contributed by atoms with van der Waals surface area (Å²) in [6.07, 6.45) is -1.71. The third-order valence-electron chi connectivity index (χ3n) is 2.99. The fraction of sp³-hybridized carbons (Fsp3) is 0.846. The molecular formula is C13H24O6. The Hall–Kier alpha value is -1.14. The molecule has 0 aliphatic heterocycles. The SMILES string of the molecule is COC(C)C(C)OC(=O)CC(=O)OC(C)C(C)OC. The molecule has 0 aliphatic carbocycles. The Kier molecular flexibility index (Phi) is 8.34. The van der Waals surface area contributed by atoms with Gasteiger partial charge in [0.15, 0.2) is 0 Å². The fourth-order valence-corrected chi connectivity index (χ4v) is 1.19. The molecule has 19 heavy (non-hydrogen) atoms. The molecule has 4 atom stereocenters. The molecule has 0 radical (unpaired) electrons. The van der Waals surface area contributed by atoms with Crippen LogP contribution < -0.4 is 0 Å². The van der Waals surface area contributed by atoms with Crippen molar-refractivity contribution < 1.29 is 28.5 Å². The summed E-state index contributed by atoms with van der Waals surface area (Å²) in [5.41, 5.74) is 0. The zero-order chi connectivity index (χ0) is 15.0. The maximum absolute atomic E-state index is 11.5. The van der Waals surface area contributed by atoms with Gasteiger partial charge >= 0.3 is 11.9 Å². The second-order valence-corrected chi connectivity index (χ2v) is 4.45. The van der Waals surface area contributed by atoms with E-state index in [9.17, 15) is 9.59 Å². The lowest BCUT2D eigenvalue weighted by Gasteiger charge is -2.20. The Morgan fingerprint density at radius 3 is 1.32 bits per heavy atom. The standard InChI is InChI=1S/C13H24O6/c1-8(16-5)10(3)18-12(14)7-13(15)19-11(4)9(2)17-6/h8-11H,7H2,1-6H3. The van der Waals surface area contributed by atoms with E-state index in [1.165, 1.54) is 14.2 Å². The van der Waals surface area contributed by atoms with Crippen LogP contribution in [-0.2, 0) is 28.5 Å². The minimum atomic E-state index is -0.626. The highest BCUT2D eigenvalue weighted by atomic mass is 16.6. The summed E-state index contributed by atoms with van der Waals surface area (Å²) in [5, 5.41) is 0. The van der Waals surface area contributed by atoms with E-state index in [1.807, 2.05) is 0 Å². The molecule has 0 N–H and O–H groups in total. The van der Waals surface area contributed by atoms with Gasteiger partial charge in [-0.3, -0.25) is 9.59 Å². The van der Waals surface area contributed by atoms with Crippen molar-refractivity contribution in [2.24, 2.45) is 0 Å². The number of carbonyl (C=O) groups is 2. The van der Waals surface area contributed by atoms with Crippen LogP contribution in [-0.4, -0.2) is 50.6 Å². The van der Waals surface area contributed by atoms with Crippen LogP contribution in [0.25, 0.3) is 0 Å². The van der Waals surface area contributed by atoms with Crippen molar-refractivity contribution in [2.75, 3.05) is 14.2 Å². The monoisotopic (exact) mass is 276 g/mol. The van der Waals surface area contributed by atoms with Gasteiger partial charge in [0.1, 0.15) is 18.6 Å². The number of carbonyl (C=O) groups excluding carboxylic acids is 2. The molecule has 0 saturated carbocycles. The van der Waals surface area contributed by atoms with Crippen molar-refractivity contribution in [1.82, 2.24) is 0 Å². The van der Waals surface area contributed by atoms with Gasteiger partial charge in [0.2, 0.25) is 0 Å².